The molecule has 0 radical (unpaired) electrons. The predicted octanol–water partition coefficient (Wildman–Crippen LogP) is 5.46. The number of likely N-dealkylation sites (N-methyl/N-ethyl adjacent to an activating group) is 1. The van der Waals surface area contributed by atoms with Crippen LogP contribution in [0.4, 0.5) is 5.69 Å². The van der Waals surface area contributed by atoms with E-state index in [1.165, 1.54) is 5.69 Å². The van der Waals surface area contributed by atoms with Gasteiger partial charge in [0.15, 0.2) is 0 Å². The molecule has 1 saturated heterocycles. The Kier molecular flexibility index (Phi) is 13.2. The fourth-order valence-corrected chi connectivity index (χ4v) is 3.63. The Balaban J connectivity index is 0.000000982. The Morgan fingerprint density at radius 3 is 2.19 bits per heavy atom. The lowest BCUT2D eigenvalue weighted by Gasteiger charge is -2.34. The number of aliphatic hydroxyl groups excluding tert-OH is 1. The second-order valence-corrected chi connectivity index (χ2v) is 10.3. The van der Waals surface area contributed by atoms with Crippen LogP contribution in [0.5, 0.6) is 0 Å². The summed E-state index contributed by atoms with van der Waals surface area (Å²) in [5.41, 5.74) is 1.50. The number of fused-ring (bicyclic) bond motifs is 1. The van der Waals surface area contributed by atoms with Crippen molar-refractivity contribution in [3.8, 4) is 6.07 Å². The molecule has 0 aliphatic carbocycles. The van der Waals surface area contributed by atoms with Crippen molar-refractivity contribution in [2.45, 2.75) is 60.4 Å². The highest BCUT2D eigenvalue weighted by atomic mass is 16.3. The maximum Gasteiger partial charge on any atom is 0.262 e. The molecule has 6 heteroatoms. The molecule has 2 N–H and O–H groups in total. The van der Waals surface area contributed by atoms with E-state index in [0.29, 0.717) is 6.42 Å². The molecule has 0 unspecified atom stereocenters. The Morgan fingerprint density at radius 1 is 1.08 bits per heavy atom. The van der Waals surface area contributed by atoms with Gasteiger partial charge in [-0.25, -0.2) is 0 Å². The number of aliphatic hydroxyl groups is 1. The quantitative estimate of drug-likeness (QED) is 0.411. The van der Waals surface area contributed by atoms with E-state index in [1.807, 2.05) is 52.0 Å². The number of hydrogen-bond donors (Lipinski definition) is 2. The molecular formula is C30H46N4O2. The fraction of sp³-hybridized carbons (Fsp3) is 0.533. The van der Waals surface area contributed by atoms with Gasteiger partial charge < -0.3 is 20.2 Å². The molecule has 1 aliphatic rings. The lowest BCUT2D eigenvalue weighted by Crippen LogP contribution is -2.44. The second-order valence-electron chi connectivity index (χ2n) is 10.3. The predicted molar refractivity (Wildman–Crippen MR) is 153 cm³/mol. The van der Waals surface area contributed by atoms with Crippen LogP contribution in [0, 0.1) is 17.2 Å². The molecule has 198 valence electrons. The average Bonchev–Trinajstić information content (AvgIpc) is 2.83. The highest BCUT2D eigenvalue weighted by Crippen LogP contribution is 2.25. The summed E-state index contributed by atoms with van der Waals surface area (Å²) in [4.78, 5) is 17.2. The van der Waals surface area contributed by atoms with Crippen LogP contribution in [0.15, 0.2) is 42.0 Å². The zero-order valence-corrected chi connectivity index (χ0v) is 23.6. The summed E-state index contributed by atoms with van der Waals surface area (Å²) in [5.74, 6) is 0.404. The van der Waals surface area contributed by atoms with Crippen LogP contribution >= 0.6 is 0 Å². The highest BCUT2D eigenvalue weighted by Gasteiger charge is 2.22. The highest BCUT2D eigenvalue weighted by molar-refractivity contribution is 6.02. The molecule has 1 aliphatic heterocycles. The molecule has 0 atom stereocenters. The number of carbonyl (C=O) groups excluding carboxylic acids is 1. The van der Waals surface area contributed by atoms with Crippen molar-refractivity contribution in [2.75, 3.05) is 44.7 Å². The summed E-state index contributed by atoms with van der Waals surface area (Å²) in [6.07, 6.45) is 2.03. The van der Waals surface area contributed by atoms with Crippen molar-refractivity contribution in [3.05, 3.63) is 47.5 Å². The summed E-state index contributed by atoms with van der Waals surface area (Å²) < 4.78 is 0. The standard InChI is InChI=1S/C24H30N4O2.C4H10.C2H6/c1-24(2,8-13-29)26-23(30)21(17-25)15-18-4-5-20-16-22(7-6-19(20)14-18)28-11-9-27(3)10-12-28;1-4(2)3;1-2/h4-7,14-16,29H,8-13H2,1-3H3,(H,26,30);4H,1-3H3;1-2H3/b21-15+;;. The average molecular weight is 495 g/mol. The van der Waals surface area contributed by atoms with Crippen LogP contribution in [-0.2, 0) is 4.79 Å². The molecule has 1 heterocycles. The summed E-state index contributed by atoms with van der Waals surface area (Å²) in [6.45, 7) is 18.3. The molecular weight excluding hydrogens is 448 g/mol. The minimum atomic E-state index is -0.579. The number of anilines is 1. The molecule has 0 spiro atoms. The Hall–Kier alpha value is -2.88. The van der Waals surface area contributed by atoms with Crippen molar-refractivity contribution >= 4 is 28.4 Å². The number of hydrogen-bond acceptors (Lipinski definition) is 5. The number of nitrogens with zero attached hydrogens (tertiary/aromatic N) is 3. The lowest BCUT2D eigenvalue weighted by molar-refractivity contribution is -0.118. The first-order valence-electron chi connectivity index (χ1n) is 13.1. The summed E-state index contributed by atoms with van der Waals surface area (Å²) in [7, 11) is 2.15. The first kappa shape index (κ1) is 31.2. The molecule has 6 nitrogen and oxygen atoms in total. The van der Waals surface area contributed by atoms with E-state index in [0.717, 1.165) is 48.4 Å². The molecule has 2 aromatic carbocycles. The van der Waals surface area contributed by atoms with Gasteiger partial charge in [-0.15, -0.1) is 0 Å². The number of amides is 1. The minimum absolute atomic E-state index is 0.0281. The Bertz CT molecular complexity index is 1030. The molecule has 0 bridgehead atoms. The van der Waals surface area contributed by atoms with Crippen LogP contribution in [-0.4, -0.2) is 61.3 Å². The van der Waals surface area contributed by atoms with Crippen LogP contribution < -0.4 is 10.2 Å². The molecule has 0 saturated carbocycles. The van der Waals surface area contributed by atoms with Gasteiger partial charge in [0.2, 0.25) is 0 Å². The zero-order valence-electron chi connectivity index (χ0n) is 23.6. The molecule has 2 aromatic rings. The third-order valence-electron chi connectivity index (χ3n) is 5.58. The van der Waals surface area contributed by atoms with E-state index >= 15 is 0 Å². The van der Waals surface area contributed by atoms with Crippen molar-refractivity contribution in [1.82, 2.24) is 10.2 Å². The maximum absolute atomic E-state index is 12.5. The maximum atomic E-state index is 12.5. The van der Waals surface area contributed by atoms with Crippen molar-refractivity contribution in [2.24, 2.45) is 5.92 Å². The normalized spacial score (nSPS) is 14.4. The van der Waals surface area contributed by atoms with Gasteiger partial charge in [-0.05, 0) is 73.8 Å². The van der Waals surface area contributed by atoms with Crippen LogP contribution in [0.2, 0.25) is 0 Å². The Labute approximate surface area is 218 Å². The summed E-state index contributed by atoms with van der Waals surface area (Å²) >= 11 is 0. The molecule has 1 fully saturated rings. The van der Waals surface area contributed by atoms with E-state index < -0.39 is 11.4 Å². The van der Waals surface area contributed by atoms with Gasteiger partial charge >= 0.3 is 0 Å². The number of nitriles is 1. The topological polar surface area (TPSA) is 79.6 Å². The SMILES string of the molecule is CC.CC(C)C.CN1CCN(c2ccc3cc(/C=C(\C#N)C(=O)NC(C)(C)CCO)ccc3c2)CC1. The largest absolute Gasteiger partial charge is 0.396 e. The van der Waals surface area contributed by atoms with Gasteiger partial charge in [-0.2, -0.15) is 5.26 Å². The van der Waals surface area contributed by atoms with Crippen molar-refractivity contribution in [3.63, 3.8) is 0 Å². The van der Waals surface area contributed by atoms with E-state index in [2.05, 4.69) is 61.1 Å². The molecule has 36 heavy (non-hydrogen) atoms. The smallest absolute Gasteiger partial charge is 0.262 e. The first-order chi connectivity index (χ1) is 17.0. The van der Waals surface area contributed by atoms with E-state index in [1.54, 1.807) is 6.08 Å². The fourth-order valence-electron chi connectivity index (χ4n) is 3.63. The summed E-state index contributed by atoms with van der Waals surface area (Å²) in [5, 5.41) is 23.6. The monoisotopic (exact) mass is 494 g/mol. The van der Waals surface area contributed by atoms with Gasteiger partial charge in [0, 0.05) is 44.0 Å². The van der Waals surface area contributed by atoms with Crippen molar-refractivity contribution in [1.29, 1.82) is 5.26 Å². The van der Waals surface area contributed by atoms with E-state index in [-0.39, 0.29) is 12.2 Å². The minimum Gasteiger partial charge on any atom is -0.396 e. The van der Waals surface area contributed by atoms with Gasteiger partial charge in [-0.3, -0.25) is 4.79 Å². The number of benzene rings is 2. The number of rotatable bonds is 6. The first-order valence-corrected chi connectivity index (χ1v) is 13.1. The van der Waals surface area contributed by atoms with Crippen LogP contribution in [0.25, 0.3) is 16.8 Å². The van der Waals surface area contributed by atoms with E-state index in [9.17, 15) is 10.1 Å². The van der Waals surface area contributed by atoms with Crippen LogP contribution in [0.3, 0.4) is 0 Å². The van der Waals surface area contributed by atoms with Gasteiger partial charge in [-0.1, -0.05) is 52.8 Å². The third kappa shape index (κ3) is 10.4. The Morgan fingerprint density at radius 2 is 1.64 bits per heavy atom. The van der Waals surface area contributed by atoms with E-state index in [4.69, 9.17) is 5.11 Å². The van der Waals surface area contributed by atoms with Gasteiger partial charge in [0.1, 0.15) is 11.6 Å². The van der Waals surface area contributed by atoms with Gasteiger partial charge in [0.05, 0.1) is 0 Å². The van der Waals surface area contributed by atoms with Crippen LogP contribution in [0.1, 0.15) is 60.5 Å². The number of carbonyl (C=O) groups is 1. The van der Waals surface area contributed by atoms with Gasteiger partial charge in [0.25, 0.3) is 5.91 Å². The lowest BCUT2D eigenvalue weighted by atomic mass is 10.00. The summed E-state index contributed by atoms with van der Waals surface area (Å²) in [6, 6.07) is 14.4. The molecule has 1 amide bonds. The third-order valence-corrected chi connectivity index (χ3v) is 5.58. The molecule has 3 rings (SSSR count). The molecule has 0 aromatic heterocycles. The zero-order chi connectivity index (χ0) is 27.3. The van der Waals surface area contributed by atoms with Crippen molar-refractivity contribution < 1.29 is 9.90 Å². The number of piperazine rings is 1. The number of nitrogens with one attached hydrogen (secondary N) is 1. The second kappa shape index (κ2) is 15.3.